The number of carbonyl (C=O) groups excluding carboxylic acids is 1. The Labute approximate surface area is 107 Å². The molecule has 1 aromatic rings. The van der Waals surface area contributed by atoms with Gasteiger partial charge in [-0.2, -0.15) is 0 Å². The maximum absolute atomic E-state index is 11.6. The summed E-state index contributed by atoms with van der Waals surface area (Å²) in [5.74, 6) is -1.78. The van der Waals surface area contributed by atoms with Gasteiger partial charge < -0.3 is 15.5 Å². The molecule has 5 nitrogen and oxygen atoms in total. The number of carbonyl (C=O) groups is 2. The van der Waals surface area contributed by atoms with Crippen molar-refractivity contribution in [1.82, 2.24) is 5.32 Å². The minimum Gasteiger partial charge on any atom is -0.479 e. The van der Waals surface area contributed by atoms with Crippen molar-refractivity contribution in [2.75, 3.05) is 6.54 Å². The first-order chi connectivity index (χ1) is 7.91. The number of nitrogens with one attached hydrogen (secondary N) is 1. The molecule has 92 valence electrons. The SMILES string of the molecule is Cc1cc(C(=O)NC[C@H](O)C(=O)O)ccc1Br. The fourth-order valence-corrected chi connectivity index (χ4v) is 1.41. The molecule has 3 N–H and O–H groups in total. The van der Waals surface area contributed by atoms with Crippen molar-refractivity contribution in [2.45, 2.75) is 13.0 Å². The standard InChI is InChI=1S/C11H12BrNO4/c1-6-4-7(2-3-8(6)12)10(15)13-5-9(14)11(16)17/h2-4,9,14H,5H2,1H3,(H,13,15)(H,16,17)/t9-/m0/s1. The Morgan fingerprint density at radius 2 is 2.12 bits per heavy atom. The second kappa shape index (κ2) is 5.79. The molecule has 1 aromatic carbocycles. The summed E-state index contributed by atoms with van der Waals surface area (Å²) in [4.78, 5) is 21.9. The van der Waals surface area contributed by atoms with E-state index in [1.807, 2.05) is 6.92 Å². The first-order valence-electron chi connectivity index (χ1n) is 4.87. The van der Waals surface area contributed by atoms with Crippen LogP contribution >= 0.6 is 15.9 Å². The summed E-state index contributed by atoms with van der Waals surface area (Å²) < 4.78 is 0.889. The Morgan fingerprint density at radius 3 is 2.65 bits per heavy atom. The number of hydrogen-bond acceptors (Lipinski definition) is 3. The zero-order valence-electron chi connectivity index (χ0n) is 9.11. The zero-order chi connectivity index (χ0) is 13.0. The fourth-order valence-electron chi connectivity index (χ4n) is 1.16. The number of aliphatic carboxylic acids is 1. The summed E-state index contributed by atoms with van der Waals surface area (Å²) in [6.45, 7) is 1.52. The Hall–Kier alpha value is -1.40. The maximum atomic E-state index is 11.6. The molecule has 0 aliphatic heterocycles. The van der Waals surface area contributed by atoms with E-state index in [4.69, 9.17) is 10.2 Å². The van der Waals surface area contributed by atoms with Gasteiger partial charge in [-0.3, -0.25) is 4.79 Å². The summed E-state index contributed by atoms with van der Waals surface area (Å²) in [6.07, 6.45) is -1.59. The highest BCUT2D eigenvalue weighted by atomic mass is 79.9. The van der Waals surface area contributed by atoms with Gasteiger partial charge in [-0.25, -0.2) is 4.79 Å². The van der Waals surface area contributed by atoms with Gasteiger partial charge in [-0.1, -0.05) is 15.9 Å². The molecule has 0 fully saturated rings. The Morgan fingerprint density at radius 1 is 1.47 bits per heavy atom. The van der Waals surface area contributed by atoms with E-state index in [-0.39, 0.29) is 6.54 Å². The third kappa shape index (κ3) is 3.83. The third-order valence-electron chi connectivity index (χ3n) is 2.16. The largest absolute Gasteiger partial charge is 0.479 e. The number of benzene rings is 1. The van der Waals surface area contributed by atoms with Crippen LogP contribution in [-0.2, 0) is 4.79 Å². The van der Waals surface area contributed by atoms with Crippen molar-refractivity contribution in [1.29, 1.82) is 0 Å². The van der Waals surface area contributed by atoms with E-state index in [0.29, 0.717) is 5.56 Å². The number of hydrogen-bond donors (Lipinski definition) is 3. The van der Waals surface area contributed by atoms with Crippen LogP contribution in [0.3, 0.4) is 0 Å². The molecule has 1 rings (SSSR count). The number of aryl methyl sites for hydroxylation is 1. The van der Waals surface area contributed by atoms with Gasteiger partial charge in [0.1, 0.15) is 0 Å². The number of amides is 1. The van der Waals surface area contributed by atoms with Crippen LogP contribution in [0.25, 0.3) is 0 Å². The molecule has 0 aliphatic carbocycles. The second-order valence-electron chi connectivity index (χ2n) is 3.53. The molecule has 0 aromatic heterocycles. The molecule has 0 saturated carbocycles. The van der Waals surface area contributed by atoms with E-state index in [1.165, 1.54) is 0 Å². The molecule has 1 atom stereocenters. The topological polar surface area (TPSA) is 86.6 Å². The van der Waals surface area contributed by atoms with Crippen LogP contribution < -0.4 is 5.32 Å². The summed E-state index contributed by atoms with van der Waals surface area (Å²) in [5.41, 5.74) is 1.32. The van der Waals surface area contributed by atoms with E-state index >= 15 is 0 Å². The molecule has 0 bridgehead atoms. The lowest BCUT2D eigenvalue weighted by atomic mass is 10.1. The molecule has 0 unspecified atom stereocenters. The first-order valence-corrected chi connectivity index (χ1v) is 5.66. The van der Waals surface area contributed by atoms with Gasteiger partial charge >= 0.3 is 5.97 Å². The van der Waals surface area contributed by atoms with Gasteiger partial charge in [-0.05, 0) is 30.7 Å². The van der Waals surface area contributed by atoms with Crippen molar-refractivity contribution in [3.8, 4) is 0 Å². The Kier molecular flexibility index (Phi) is 4.65. The minimum absolute atomic E-state index is 0.316. The van der Waals surface area contributed by atoms with Crippen LogP contribution in [0.4, 0.5) is 0 Å². The summed E-state index contributed by atoms with van der Waals surface area (Å²) in [7, 11) is 0. The molecular weight excluding hydrogens is 290 g/mol. The van der Waals surface area contributed by atoms with Gasteiger partial charge in [-0.15, -0.1) is 0 Å². The number of carboxylic acid groups (broad SMARTS) is 1. The minimum atomic E-state index is -1.59. The van der Waals surface area contributed by atoms with Crippen molar-refractivity contribution < 1.29 is 19.8 Å². The average molecular weight is 302 g/mol. The van der Waals surface area contributed by atoms with E-state index in [2.05, 4.69) is 21.2 Å². The van der Waals surface area contributed by atoms with E-state index in [1.54, 1.807) is 18.2 Å². The molecule has 0 heterocycles. The number of rotatable bonds is 4. The molecule has 17 heavy (non-hydrogen) atoms. The van der Waals surface area contributed by atoms with Crippen LogP contribution in [0.2, 0.25) is 0 Å². The van der Waals surface area contributed by atoms with Crippen molar-refractivity contribution in [3.63, 3.8) is 0 Å². The molecule has 1 amide bonds. The number of halogens is 1. The van der Waals surface area contributed by atoms with E-state index < -0.39 is 18.0 Å². The highest BCUT2D eigenvalue weighted by Gasteiger charge is 2.15. The van der Waals surface area contributed by atoms with Gasteiger partial charge in [0, 0.05) is 10.0 Å². The highest BCUT2D eigenvalue weighted by molar-refractivity contribution is 9.10. The number of carboxylic acids is 1. The van der Waals surface area contributed by atoms with Crippen molar-refractivity contribution in [3.05, 3.63) is 33.8 Å². The normalized spacial score (nSPS) is 11.9. The van der Waals surface area contributed by atoms with E-state index in [0.717, 1.165) is 10.0 Å². The number of aliphatic hydroxyl groups is 1. The van der Waals surface area contributed by atoms with Crippen LogP contribution in [0, 0.1) is 6.92 Å². The third-order valence-corrected chi connectivity index (χ3v) is 3.05. The predicted molar refractivity (Wildman–Crippen MR) is 64.9 cm³/mol. The summed E-state index contributed by atoms with van der Waals surface area (Å²) >= 11 is 3.31. The van der Waals surface area contributed by atoms with Crippen LogP contribution in [0.5, 0.6) is 0 Å². The quantitative estimate of drug-likeness (QED) is 0.772. The average Bonchev–Trinajstić information content (AvgIpc) is 2.28. The van der Waals surface area contributed by atoms with Gasteiger partial charge in [0.25, 0.3) is 5.91 Å². The lowest BCUT2D eigenvalue weighted by Gasteiger charge is -2.08. The number of aliphatic hydroxyl groups excluding tert-OH is 1. The predicted octanol–water partition coefficient (Wildman–Crippen LogP) is 0.933. The molecule has 0 radical (unpaired) electrons. The maximum Gasteiger partial charge on any atom is 0.334 e. The van der Waals surface area contributed by atoms with Gasteiger partial charge in [0.15, 0.2) is 6.10 Å². The molecular formula is C11H12BrNO4. The summed E-state index contributed by atoms with van der Waals surface area (Å²) in [5, 5.41) is 19.8. The second-order valence-corrected chi connectivity index (χ2v) is 4.38. The monoisotopic (exact) mass is 301 g/mol. The molecule has 0 saturated heterocycles. The zero-order valence-corrected chi connectivity index (χ0v) is 10.7. The molecule has 0 aliphatic rings. The Bertz CT molecular complexity index is 447. The smallest absolute Gasteiger partial charge is 0.334 e. The van der Waals surface area contributed by atoms with Crippen LogP contribution in [0.15, 0.2) is 22.7 Å². The lowest BCUT2D eigenvalue weighted by molar-refractivity contribution is -0.146. The highest BCUT2D eigenvalue weighted by Crippen LogP contribution is 2.16. The molecule has 6 heteroatoms. The van der Waals surface area contributed by atoms with Crippen LogP contribution in [-0.4, -0.2) is 34.7 Å². The van der Waals surface area contributed by atoms with Crippen molar-refractivity contribution in [2.24, 2.45) is 0 Å². The molecule has 0 spiro atoms. The lowest BCUT2D eigenvalue weighted by Crippen LogP contribution is -2.36. The first kappa shape index (κ1) is 13.7. The Balaban J connectivity index is 2.64. The summed E-state index contributed by atoms with van der Waals surface area (Å²) in [6, 6.07) is 5.02. The van der Waals surface area contributed by atoms with Crippen LogP contribution in [0.1, 0.15) is 15.9 Å². The van der Waals surface area contributed by atoms with Crippen molar-refractivity contribution >= 4 is 27.8 Å². The van der Waals surface area contributed by atoms with Gasteiger partial charge in [0.05, 0.1) is 6.54 Å². The fraction of sp³-hybridized carbons (Fsp3) is 0.273. The van der Waals surface area contributed by atoms with Gasteiger partial charge in [0.2, 0.25) is 0 Å². The van der Waals surface area contributed by atoms with E-state index in [9.17, 15) is 9.59 Å².